The first-order valence-corrected chi connectivity index (χ1v) is 6.49. The number of carbonyl (C=O) groups excluding carboxylic acids is 1. The van der Waals surface area contributed by atoms with Gasteiger partial charge in [0, 0.05) is 18.0 Å². The Morgan fingerprint density at radius 2 is 2.14 bits per heavy atom. The van der Waals surface area contributed by atoms with E-state index in [1.165, 1.54) is 6.20 Å². The van der Waals surface area contributed by atoms with Crippen molar-refractivity contribution in [3.05, 3.63) is 72.6 Å². The SMILES string of the molecule is C=CCOc1cccc(C(=O)O/N=C(\N)c2cccnc2)c1. The lowest BCUT2D eigenvalue weighted by Gasteiger charge is -2.05. The summed E-state index contributed by atoms with van der Waals surface area (Å²) in [6, 6.07) is 9.99. The van der Waals surface area contributed by atoms with Gasteiger partial charge in [-0.1, -0.05) is 23.9 Å². The Hall–Kier alpha value is -3.15. The molecule has 0 bridgehead atoms. The quantitative estimate of drug-likeness (QED) is 0.290. The molecule has 0 spiro atoms. The molecule has 6 heteroatoms. The highest BCUT2D eigenvalue weighted by Crippen LogP contribution is 2.14. The predicted molar refractivity (Wildman–Crippen MR) is 82.5 cm³/mol. The summed E-state index contributed by atoms with van der Waals surface area (Å²) in [4.78, 5) is 20.7. The lowest BCUT2D eigenvalue weighted by molar-refractivity contribution is 0.0515. The molecule has 1 aromatic heterocycles. The Bertz CT molecular complexity index is 684. The van der Waals surface area contributed by atoms with Crippen LogP contribution in [0.25, 0.3) is 0 Å². The highest BCUT2D eigenvalue weighted by molar-refractivity contribution is 5.97. The van der Waals surface area contributed by atoms with Crippen LogP contribution < -0.4 is 10.5 Å². The zero-order valence-electron chi connectivity index (χ0n) is 11.8. The number of oxime groups is 1. The van der Waals surface area contributed by atoms with Gasteiger partial charge in [-0.15, -0.1) is 0 Å². The van der Waals surface area contributed by atoms with Crippen molar-refractivity contribution in [1.82, 2.24) is 4.98 Å². The number of hydrogen-bond donors (Lipinski definition) is 1. The van der Waals surface area contributed by atoms with Gasteiger partial charge in [-0.3, -0.25) is 4.98 Å². The number of aromatic nitrogens is 1. The fraction of sp³-hybridized carbons (Fsp3) is 0.0625. The van der Waals surface area contributed by atoms with E-state index < -0.39 is 5.97 Å². The number of nitrogens with zero attached hydrogens (tertiary/aromatic N) is 2. The smallest absolute Gasteiger partial charge is 0.365 e. The van der Waals surface area contributed by atoms with Crippen LogP contribution in [0.5, 0.6) is 5.75 Å². The van der Waals surface area contributed by atoms with Gasteiger partial charge in [0.25, 0.3) is 0 Å². The van der Waals surface area contributed by atoms with E-state index >= 15 is 0 Å². The van der Waals surface area contributed by atoms with Gasteiger partial charge >= 0.3 is 5.97 Å². The van der Waals surface area contributed by atoms with Crippen LogP contribution in [-0.4, -0.2) is 23.4 Å². The predicted octanol–water partition coefficient (Wildman–Crippen LogP) is 2.12. The van der Waals surface area contributed by atoms with Crippen LogP contribution in [-0.2, 0) is 4.84 Å². The maximum atomic E-state index is 11.9. The summed E-state index contributed by atoms with van der Waals surface area (Å²) in [7, 11) is 0. The van der Waals surface area contributed by atoms with Crippen molar-refractivity contribution in [3.8, 4) is 5.75 Å². The molecular formula is C16H15N3O3. The normalized spacial score (nSPS) is 10.8. The van der Waals surface area contributed by atoms with Crippen molar-refractivity contribution in [2.75, 3.05) is 6.61 Å². The second-order valence-corrected chi connectivity index (χ2v) is 4.22. The van der Waals surface area contributed by atoms with Gasteiger partial charge in [-0.2, -0.15) is 0 Å². The molecule has 0 amide bonds. The van der Waals surface area contributed by atoms with E-state index in [0.717, 1.165) is 0 Å². The highest BCUT2D eigenvalue weighted by atomic mass is 16.7. The molecule has 0 unspecified atom stereocenters. The number of carbonyl (C=O) groups is 1. The number of pyridine rings is 1. The molecule has 1 aromatic carbocycles. The molecule has 0 aliphatic rings. The lowest BCUT2D eigenvalue weighted by atomic mass is 10.2. The summed E-state index contributed by atoms with van der Waals surface area (Å²) in [5, 5.41) is 3.61. The Labute approximate surface area is 127 Å². The van der Waals surface area contributed by atoms with E-state index in [1.54, 1.807) is 48.7 Å². The number of hydrogen-bond acceptors (Lipinski definition) is 5. The molecular weight excluding hydrogens is 282 g/mol. The third-order valence-corrected chi connectivity index (χ3v) is 2.62. The number of amidine groups is 1. The molecule has 22 heavy (non-hydrogen) atoms. The molecule has 0 aliphatic heterocycles. The Morgan fingerprint density at radius 3 is 2.86 bits per heavy atom. The van der Waals surface area contributed by atoms with Crippen molar-refractivity contribution in [1.29, 1.82) is 0 Å². The van der Waals surface area contributed by atoms with Crippen LogP contribution in [0.1, 0.15) is 15.9 Å². The van der Waals surface area contributed by atoms with E-state index in [1.807, 2.05) is 0 Å². The first-order chi connectivity index (χ1) is 10.7. The fourth-order valence-corrected chi connectivity index (χ4v) is 1.58. The lowest BCUT2D eigenvalue weighted by Crippen LogP contribution is -2.15. The third kappa shape index (κ3) is 4.17. The van der Waals surface area contributed by atoms with Crippen LogP contribution in [0, 0.1) is 0 Å². The molecule has 2 rings (SSSR count). The summed E-state index contributed by atoms with van der Waals surface area (Å²) in [5.74, 6) is -0.0185. The molecule has 1 heterocycles. The van der Waals surface area contributed by atoms with Crippen LogP contribution >= 0.6 is 0 Å². The maximum absolute atomic E-state index is 11.9. The molecule has 6 nitrogen and oxygen atoms in total. The molecule has 2 N–H and O–H groups in total. The standard InChI is InChI=1S/C16H15N3O3/c1-2-9-21-14-7-3-5-12(10-14)16(20)22-19-15(17)13-6-4-8-18-11-13/h2-8,10-11H,1,9H2,(H2,17,19). The van der Waals surface area contributed by atoms with Crippen LogP contribution in [0.15, 0.2) is 66.6 Å². The molecule has 0 atom stereocenters. The Kier molecular flexibility index (Phi) is 5.25. The summed E-state index contributed by atoms with van der Waals surface area (Å²) in [5.41, 5.74) is 6.59. The summed E-state index contributed by atoms with van der Waals surface area (Å²) in [6.45, 7) is 3.91. The van der Waals surface area contributed by atoms with E-state index in [0.29, 0.717) is 23.5 Å². The molecule has 2 aromatic rings. The highest BCUT2D eigenvalue weighted by Gasteiger charge is 2.09. The monoisotopic (exact) mass is 297 g/mol. The van der Waals surface area contributed by atoms with Crippen LogP contribution in [0.2, 0.25) is 0 Å². The Morgan fingerprint density at radius 1 is 1.32 bits per heavy atom. The van der Waals surface area contributed by atoms with Gasteiger partial charge < -0.3 is 15.3 Å². The molecule has 0 saturated heterocycles. The largest absolute Gasteiger partial charge is 0.490 e. The summed E-state index contributed by atoms with van der Waals surface area (Å²) in [6.07, 6.45) is 4.75. The molecule has 0 radical (unpaired) electrons. The molecule has 0 saturated carbocycles. The minimum absolute atomic E-state index is 0.0699. The summed E-state index contributed by atoms with van der Waals surface area (Å²) < 4.78 is 5.35. The molecule has 112 valence electrons. The number of benzene rings is 1. The van der Waals surface area contributed by atoms with Crippen molar-refractivity contribution in [2.24, 2.45) is 10.9 Å². The Balaban J connectivity index is 2.04. The number of ether oxygens (including phenoxy) is 1. The van der Waals surface area contributed by atoms with E-state index in [9.17, 15) is 4.79 Å². The average molecular weight is 297 g/mol. The van der Waals surface area contributed by atoms with Gasteiger partial charge in [0.1, 0.15) is 12.4 Å². The minimum Gasteiger partial charge on any atom is -0.490 e. The van der Waals surface area contributed by atoms with Gasteiger partial charge in [-0.25, -0.2) is 4.79 Å². The van der Waals surface area contributed by atoms with Crippen molar-refractivity contribution >= 4 is 11.8 Å². The van der Waals surface area contributed by atoms with E-state index in [4.69, 9.17) is 15.3 Å². The second kappa shape index (κ2) is 7.58. The zero-order chi connectivity index (χ0) is 15.8. The molecule has 0 fully saturated rings. The molecule has 0 aliphatic carbocycles. The second-order valence-electron chi connectivity index (χ2n) is 4.22. The van der Waals surface area contributed by atoms with Gasteiger partial charge in [0.15, 0.2) is 5.84 Å². The van der Waals surface area contributed by atoms with E-state index in [-0.39, 0.29) is 5.84 Å². The van der Waals surface area contributed by atoms with Gasteiger partial charge in [0.2, 0.25) is 0 Å². The minimum atomic E-state index is -0.629. The van der Waals surface area contributed by atoms with E-state index in [2.05, 4.69) is 16.7 Å². The third-order valence-electron chi connectivity index (χ3n) is 2.62. The first kappa shape index (κ1) is 15.2. The van der Waals surface area contributed by atoms with Crippen molar-refractivity contribution in [2.45, 2.75) is 0 Å². The number of nitrogens with two attached hydrogens (primary N) is 1. The fourth-order valence-electron chi connectivity index (χ4n) is 1.58. The summed E-state index contributed by atoms with van der Waals surface area (Å²) >= 11 is 0. The van der Waals surface area contributed by atoms with Crippen LogP contribution in [0.3, 0.4) is 0 Å². The first-order valence-electron chi connectivity index (χ1n) is 6.49. The average Bonchev–Trinajstić information content (AvgIpc) is 2.58. The van der Waals surface area contributed by atoms with Gasteiger partial charge in [0.05, 0.1) is 5.56 Å². The van der Waals surface area contributed by atoms with Crippen molar-refractivity contribution < 1.29 is 14.4 Å². The topological polar surface area (TPSA) is 86.8 Å². The zero-order valence-corrected chi connectivity index (χ0v) is 11.8. The van der Waals surface area contributed by atoms with Gasteiger partial charge in [-0.05, 0) is 30.3 Å². The van der Waals surface area contributed by atoms with Crippen LogP contribution in [0.4, 0.5) is 0 Å². The maximum Gasteiger partial charge on any atom is 0.365 e. The number of rotatable bonds is 6. The van der Waals surface area contributed by atoms with Crippen molar-refractivity contribution in [3.63, 3.8) is 0 Å².